The number of esters is 1. The Balaban J connectivity index is 2.53. The third-order valence-corrected chi connectivity index (χ3v) is 2.62. The first-order valence-corrected chi connectivity index (χ1v) is 5.25. The number of benzene rings is 1. The quantitative estimate of drug-likeness (QED) is 0.635. The highest BCUT2D eigenvalue weighted by Crippen LogP contribution is 2.19. The van der Waals surface area contributed by atoms with Gasteiger partial charge in [0.15, 0.2) is 0 Å². The molecule has 88 valence electrons. The van der Waals surface area contributed by atoms with Crippen LogP contribution in [0.15, 0.2) is 36.5 Å². The Labute approximate surface area is 99.6 Å². The maximum Gasteiger partial charge on any atom is 0.355 e. The van der Waals surface area contributed by atoms with Crippen LogP contribution < -0.4 is 5.73 Å². The van der Waals surface area contributed by atoms with Crippen LogP contribution >= 0.6 is 0 Å². The number of methoxy groups -OCH3 is 1. The van der Waals surface area contributed by atoms with Crippen LogP contribution in [0.5, 0.6) is 0 Å². The van der Waals surface area contributed by atoms with Gasteiger partial charge in [-0.1, -0.05) is 0 Å². The second-order valence-corrected chi connectivity index (χ2v) is 3.80. The summed E-state index contributed by atoms with van der Waals surface area (Å²) in [5.41, 5.74) is 8.84. The van der Waals surface area contributed by atoms with E-state index in [0.717, 1.165) is 11.3 Å². The maximum absolute atomic E-state index is 11.6. The normalized spacial score (nSPS) is 10.2. The highest BCUT2D eigenvalue weighted by atomic mass is 16.5. The number of hydrogen-bond donors (Lipinski definition) is 1. The van der Waals surface area contributed by atoms with Crippen LogP contribution in [-0.2, 0) is 4.74 Å². The van der Waals surface area contributed by atoms with E-state index in [1.54, 1.807) is 10.6 Å². The van der Waals surface area contributed by atoms with E-state index in [9.17, 15) is 4.79 Å². The lowest BCUT2D eigenvalue weighted by Gasteiger charge is -2.11. The summed E-state index contributed by atoms with van der Waals surface area (Å²) in [5.74, 6) is -0.355. The number of carbonyl (C=O) groups is 1. The third kappa shape index (κ3) is 2.01. The Kier molecular flexibility index (Phi) is 2.87. The van der Waals surface area contributed by atoms with Crippen LogP contribution in [-0.4, -0.2) is 17.6 Å². The monoisotopic (exact) mass is 230 g/mol. The summed E-state index contributed by atoms with van der Waals surface area (Å²) in [6, 6.07) is 9.10. The molecule has 1 aromatic carbocycles. The first-order chi connectivity index (χ1) is 8.13. The Morgan fingerprint density at radius 1 is 1.35 bits per heavy atom. The van der Waals surface area contributed by atoms with Gasteiger partial charge >= 0.3 is 5.97 Å². The molecule has 2 aromatic rings. The fraction of sp³-hybridized carbons (Fsp3) is 0.154. The number of aromatic nitrogens is 1. The van der Waals surface area contributed by atoms with Crippen molar-refractivity contribution in [3.63, 3.8) is 0 Å². The van der Waals surface area contributed by atoms with Gasteiger partial charge in [-0.05, 0) is 42.8 Å². The molecule has 17 heavy (non-hydrogen) atoms. The molecule has 2 rings (SSSR count). The van der Waals surface area contributed by atoms with E-state index in [1.165, 1.54) is 7.11 Å². The zero-order valence-electron chi connectivity index (χ0n) is 9.81. The number of ether oxygens (including phenoxy) is 1. The second kappa shape index (κ2) is 4.33. The average Bonchev–Trinajstić information content (AvgIpc) is 2.77. The lowest BCUT2D eigenvalue weighted by molar-refractivity contribution is 0.0591. The number of anilines is 1. The summed E-state index contributed by atoms with van der Waals surface area (Å²) in [6.45, 7) is 1.95. The molecule has 0 atom stereocenters. The molecular formula is C13H14N2O2. The molecular weight excluding hydrogens is 216 g/mol. The van der Waals surface area contributed by atoms with E-state index < -0.39 is 0 Å². The number of carbonyl (C=O) groups excluding carboxylic acids is 1. The molecule has 0 bridgehead atoms. The van der Waals surface area contributed by atoms with Crippen molar-refractivity contribution in [2.45, 2.75) is 6.92 Å². The van der Waals surface area contributed by atoms with Crippen molar-refractivity contribution in [1.82, 2.24) is 4.57 Å². The van der Waals surface area contributed by atoms with Crippen LogP contribution in [0.2, 0.25) is 0 Å². The predicted molar refractivity (Wildman–Crippen MR) is 66.3 cm³/mol. The largest absolute Gasteiger partial charge is 0.464 e. The third-order valence-electron chi connectivity index (χ3n) is 2.62. The van der Waals surface area contributed by atoms with E-state index in [4.69, 9.17) is 10.5 Å². The summed E-state index contributed by atoms with van der Waals surface area (Å²) in [6.07, 6.45) is 1.82. The zero-order valence-corrected chi connectivity index (χ0v) is 9.81. The van der Waals surface area contributed by atoms with Gasteiger partial charge < -0.3 is 15.0 Å². The molecule has 0 radical (unpaired) electrons. The molecule has 2 N–H and O–H groups in total. The van der Waals surface area contributed by atoms with Crippen molar-refractivity contribution < 1.29 is 9.53 Å². The van der Waals surface area contributed by atoms with Gasteiger partial charge in [-0.2, -0.15) is 0 Å². The van der Waals surface area contributed by atoms with E-state index in [1.807, 2.05) is 37.4 Å². The molecule has 0 unspecified atom stereocenters. The van der Waals surface area contributed by atoms with E-state index >= 15 is 0 Å². The van der Waals surface area contributed by atoms with Crippen LogP contribution in [0.1, 0.15) is 16.1 Å². The van der Waals surface area contributed by atoms with Gasteiger partial charge in [0.2, 0.25) is 0 Å². The minimum atomic E-state index is -0.355. The van der Waals surface area contributed by atoms with Gasteiger partial charge in [0.1, 0.15) is 5.69 Å². The Bertz CT molecular complexity index is 558. The average molecular weight is 230 g/mol. The van der Waals surface area contributed by atoms with Crippen LogP contribution in [0, 0.1) is 6.92 Å². The number of nitrogens with zero attached hydrogens (tertiary/aromatic N) is 1. The van der Waals surface area contributed by atoms with Crippen molar-refractivity contribution in [3.8, 4) is 5.69 Å². The van der Waals surface area contributed by atoms with Crippen LogP contribution in [0.4, 0.5) is 5.69 Å². The van der Waals surface area contributed by atoms with E-state index in [0.29, 0.717) is 11.4 Å². The molecule has 0 aliphatic rings. The molecule has 4 nitrogen and oxygen atoms in total. The number of nitrogen functional groups attached to an aromatic ring is 1. The maximum atomic E-state index is 11.6. The fourth-order valence-corrected chi connectivity index (χ4v) is 1.81. The van der Waals surface area contributed by atoms with Crippen molar-refractivity contribution in [3.05, 3.63) is 47.8 Å². The molecule has 0 saturated carbocycles. The molecule has 4 heteroatoms. The topological polar surface area (TPSA) is 57.2 Å². The Morgan fingerprint density at radius 2 is 2.12 bits per heavy atom. The highest BCUT2D eigenvalue weighted by molar-refractivity contribution is 5.88. The molecule has 0 saturated heterocycles. The first-order valence-electron chi connectivity index (χ1n) is 5.25. The van der Waals surface area contributed by atoms with Crippen molar-refractivity contribution >= 4 is 11.7 Å². The summed E-state index contributed by atoms with van der Waals surface area (Å²) >= 11 is 0. The smallest absolute Gasteiger partial charge is 0.355 e. The summed E-state index contributed by atoms with van der Waals surface area (Å²) < 4.78 is 6.53. The molecule has 0 spiro atoms. The van der Waals surface area contributed by atoms with Gasteiger partial charge in [-0.3, -0.25) is 0 Å². The molecule has 0 amide bonds. The molecule has 1 heterocycles. The zero-order chi connectivity index (χ0) is 12.4. The lowest BCUT2D eigenvalue weighted by Crippen LogP contribution is -2.09. The van der Waals surface area contributed by atoms with Gasteiger partial charge in [0, 0.05) is 17.6 Å². The number of aryl methyl sites for hydroxylation is 1. The molecule has 1 aromatic heterocycles. The van der Waals surface area contributed by atoms with E-state index in [-0.39, 0.29) is 5.97 Å². The summed E-state index contributed by atoms with van der Waals surface area (Å²) in [7, 11) is 1.37. The second-order valence-electron chi connectivity index (χ2n) is 3.80. The van der Waals surface area contributed by atoms with Gasteiger partial charge in [0.05, 0.1) is 7.11 Å². The van der Waals surface area contributed by atoms with Gasteiger partial charge in [-0.25, -0.2) is 4.79 Å². The molecule has 0 fully saturated rings. The van der Waals surface area contributed by atoms with Crippen molar-refractivity contribution in [2.24, 2.45) is 0 Å². The Morgan fingerprint density at radius 3 is 2.76 bits per heavy atom. The van der Waals surface area contributed by atoms with Crippen LogP contribution in [0.25, 0.3) is 5.69 Å². The molecule has 0 aliphatic carbocycles. The lowest BCUT2D eigenvalue weighted by atomic mass is 10.1. The Hall–Kier alpha value is -2.23. The summed E-state index contributed by atoms with van der Waals surface area (Å²) in [5, 5.41) is 0. The standard InChI is InChI=1S/C13H14N2O2/c1-9-8-10(14)5-6-11(9)15-7-3-4-12(15)13(16)17-2/h3-8H,14H2,1-2H3. The summed E-state index contributed by atoms with van der Waals surface area (Å²) in [4.78, 5) is 11.6. The highest BCUT2D eigenvalue weighted by Gasteiger charge is 2.13. The van der Waals surface area contributed by atoms with Gasteiger partial charge in [0.25, 0.3) is 0 Å². The predicted octanol–water partition coefficient (Wildman–Crippen LogP) is 2.15. The number of rotatable bonds is 2. The minimum Gasteiger partial charge on any atom is -0.464 e. The van der Waals surface area contributed by atoms with Crippen molar-refractivity contribution in [2.75, 3.05) is 12.8 Å². The van der Waals surface area contributed by atoms with Crippen LogP contribution in [0.3, 0.4) is 0 Å². The number of nitrogens with two attached hydrogens (primary N) is 1. The van der Waals surface area contributed by atoms with Crippen molar-refractivity contribution in [1.29, 1.82) is 0 Å². The fourth-order valence-electron chi connectivity index (χ4n) is 1.81. The SMILES string of the molecule is COC(=O)c1cccn1-c1ccc(N)cc1C. The van der Waals surface area contributed by atoms with Gasteiger partial charge in [-0.15, -0.1) is 0 Å². The number of hydrogen-bond acceptors (Lipinski definition) is 3. The first kappa shape index (κ1) is 11.3. The minimum absolute atomic E-state index is 0.355. The van der Waals surface area contributed by atoms with E-state index in [2.05, 4.69) is 0 Å². The molecule has 0 aliphatic heterocycles.